The first kappa shape index (κ1) is 16.7. The zero-order valence-corrected chi connectivity index (χ0v) is 15.3. The third-order valence-electron chi connectivity index (χ3n) is 3.87. The zero-order valence-electron chi connectivity index (χ0n) is 12.8. The molecular weight excluding hydrogens is 354 g/mol. The highest BCUT2D eigenvalue weighted by Crippen LogP contribution is 2.34. The van der Waals surface area contributed by atoms with E-state index in [1.165, 1.54) is 23.0 Å². The van der Waals surface area contributed by atoms with Crippen LogP contribution in [0, 0.1) is 13.8 Å². The first-order valence-electron chi connectivity index (χ1n) is 7.19. The van der Waals surface area contributed by atoms with Crippen molar-refractivity contribution in [2.75, 3.05) is 17.3 Å². The van der Waals surface area contributed by atoms with Crippen molar-refractivity contribution in [2.24, 2.45) is 0 Å². The number of nitrogens with one attached hydrogen (secondary N) is 1. The number of thiophene rings is 1. The molecule has 23 heavy (non-hydrogen) atoms. The Balaban J connectivity index is 1.66. The Hall–Kier alpha value is -1.19. The molecule has 3 rings (SSSR count). The largest absolute Gasteiger partial charge is 0.352 e. The van der Waals surface area contributed by atoms with Crippen molar-refractivity contribution >= 4 is 49.1 Å². The first-order chi connectivity index (χ1) is 10.9. The van der Waals surface area contributed by atoms with Gasteiger partial charge in [0.2, 0.25) is 5.91 Å². The molecule has 9 heteroatoms. The molecular formula is C14H17N3O3S3. The summed E-state index contributed by atoms with van der Waals surface area (Å²) in [6.45, 7) is 4.08. The molecule has 124 valence electrons. The van der Waals surface area contributed by atoms with Crippen LogP contribution in [-0.4, -0.2) is 47.6 Å². The number of nitrogens with zero attached hydrogens (tertiary/aromatic N) is 2. The third-order valence-corrected chi connectivity index (χ3v) is 7.74. The summed E-state index contributed by atoms with van der Waals surface area (Å²) in [4.78, 5) is 22.7. The van der Waals surface area contributed by atoms with Crippen molar-refractivity contribution in [1.82, 2.24) is 15.3 Å². The minimum Gasteiger partial charge on any atom is -0.352 e. The van der Waals surface area contributed by atoms with Gasteiger partial charge in [-0.05, 0) is 25.8 Å². The number of fused-ring (bicyclic) bond motifs is 1. The van der Waals surface area contributed by atoms with Crippen LogP contribution in [0.2, 0.25) is 0 Å². The van der Waals surface area contributed by atoms with Gasteiger partial charge in [0.05, 0.1) is 17.3 Å². The van der Waals surface area contributed by atoms with E-state index in [0.29, 0.717) is 6.42 Å². The highest BCUT2D eigenvalue weighted by Gasteiger charge is 2.28. The summed E-state index contributed by atoms with van der Waals surface area (Å²) < 4.78 is 22.8. The summed E-state index contributed by atoms with van der Waals surface area (Å²) in [5, 5.41) is 4.60. The molecule has 2 aromatic heterocycles. The molecule has 1 atom stereocenters. The Kier molecular flexibility index (Phi) is 4.61. The number of amides is 1. The van der Waals surface area contributed by atoms with E-state index >= 15 is 0 Å². The van der Waals surface area contributed by atoms with E-state index in [1.54, 1.807) is 11.3 Å². The molecule has 0 unspecified atom stereocenters. The predicted octanol–water partition coefficient (Wildman–Crippen LogP) is 1.70. The van der Waals surface area contributed by atoms with Crippen molar-refractivity contribution in [3.63, 3.8) is 0 Å². The number of aryl methyl sites for hydroxylation is 2. The second-order valence-corrected chi connectivity index (χ2v) is 9.99. The summed E-state index contributed by atoms with van der Waals surface area (Å²) in [7, 11) is -2.98. The van der Waals surface area contributed by atoms with Gasteiger partial charge in [0.1, 0.15) is 16.2 Å². The molecule has 2 aromatic rings. The van der Waals surface area contributed by atoms with E-state index in [2.05, 4.69) is 15.3 Å². The van der Waals surface area contributed by atoms with Gasteiger partial charge in [-0.3, -0.25) is 4.79 Å². The van der Waals surface area contributed by atoms with Gasteiger partial charge in [-0.2, -0.15) is 0 Å². The highest BCUT2D eigenvalue weighted by molar-refractivity contribution is 8.00. The molecule has 0 bridgehead atoms. The number of aromatic nitrogens is 2. The second kappa shape index (κ2) is 6.37. The summed E-state index contributed by atoms with van der Waals surface area (Å²) in [6.07, 6.45) is 2.01. The minimum atomic E-state index is -2.98. The topological polar surface area (TPSA) is 89.0 Å². The van der Waals surface area contributed by atoms with E-state index in [9.17, 15) is 13.2 Å². The quantitative estimate of drug-likeness (QED) is 0.650. The number of hydrogen-bond acceptors (Lipinski definition) is 7. The second-order valence-electron chi connectivity index (χ2n) is 5.60. The maximum atomic E-state index is 12.0. The van der Waals surface area contributed by atoms with E-state index in [4.69, 9.17) is 0 Å². The van der Waals surface area contributed by atoms with Crippen LogP contribution < -0.4 is 5.32 Å². The van der Waals surface area contributed by atoms with E-state index in [0.717, 1.165) is 20.8 Å². The molecule has 0 aliphatic carbocycles. The fourth-order valence-corrected chi connectivity index (χ4v) is 6.17. The van der Waals surface area contributed by atoms with Crippen LogP contribution >= 0.6 is 23.1 Å². The zero-order chi connectivity index (χ0) is 16.6. The van der Waals surface area contributed by atoms with Gasteiger partial charge in [0, 0.05) is 16.3 Å². The van der Waals surface area contributed by atoms with Crippen LogP contribution in [0.1, 0.15) is 16.9 Å². The Morgan fingerprint density at radius 3 is 2.91 bits per heavy atom. The van der Waals surface area contributed by atoms with Crippen molar-refractivity contribution in [1.29, 1.82) is 0 Å². The Labute approximate surface area is 143 Å². The van der Waals surface area contributed by atoms with Crippen LogP contribution in [0.15, 0.2) is 11.4 Å². The maximum absolute atomic E-state index is 12.0. The van der Waals surface area contributed by atoms with Crippen LogP contribution in [0.4, 0.5) is 0 Å². The lowest BCUT2D eigenvalue weighted by atomic mass is 10.2. The Morgan fingerprint density at radius 2 is 2.22 bits per heavy atom. The van der Waals surface area contributed by atoms with Gasteiger partial charge in [-0.15, -0.1) is 11.3 Å². The van der Waals surface area contributed by atoms with Crippen LogP contribution in [0.5, 0.6) is 0 Å². The summed E-state index contributed by atoms with van der Waals surface area (Å²) >= 11 is 2.98. The Bertz CT molecular complexity index is 861. The van der Waals surface area contributed by atoms with E-state index in [1.807, 2.05) is 13.8 Å². The van der Waals surface area contributed by atoms with E-state index < -0.39 is 9.84 Å². The van der Waals surface area contributed by atoms with Gasteiger partial charge in [-0.25, -0.2) is 18.4 Å². The van der Waals surface area contributed by atoms with Crippen LogP contribution in [-0.2, 0) is 14.6 Å². The fourth-order valence-electron chi connectivity index (χ4n) is 2.57. The SMILES string of the molecule is Cc1sc2ncnc(SCC(=O)N[C@@H]3CCS(=O)(=O)C3)c2c1C. The maximum Gasteiger partial charge on any atom is 0.230 e. The summed E-state index contributed by atoms with van der Waals surface area (Å²) in [6, 6.07) is -0.261. The average molecular weight is 372 g/mol. The van der Waals surface area contributed by atoms with Gasteiger partial charge in [0.15, 0.2) is 9.84 Å². The molecule has 0 aromatic carbocycles. The molecule has 1 amide bonds. The molecule has 1 aliphatic rings. The molecule has 0 saturated carbocycles. The molecule has 1 fully saturated rings. The lowest BCUT2D eigenvalue weighted by Crippen LogP contribution is -2.36. The van der Waals surface area contributed by atoms with Gasteiger partial charge in [0.25, 0.3) is 0 Å². The molecule has 0 spiro atoms. The molecule has 1 saturated heterocycles. The van der Waals surface area contributed by atoms with E-state index in [-0.39, 0.29) is 29.2 Å². The molecule has 0 radical (unpaired) electrons. The number of carbonyl (C=O) groups is 1. The average Bonchev–Trinajstić information content (AvgIpc) is 2.97. The lowest BCUT2D eigenvalue weighted by molar-refractivity contribution is -0.119. The predicted molar refractivity (Wildman–Crippen MR) is 92.8 cm³/mol. The van der Waals surface area contributed by atoms with Crippen molar-refractivity contribution in [2.45, 2.75) is 31.3 Å². The summed E-state index contributed by atoms with van der Waals surface area (Å²) in [5.74, 6) is 0.264. The number of carbonyl (C=O) groups excluding carboxylic acids is 1. The number of rotatable bonds is 4. The standard InChI is InChI=1S/C14H17N3O3S3/c1-8-9(2)22-14-12(8)13(15-7-16-14)21-5-11(18)17-10-3-4-23(19,20)6-10/h7,10H,3-6H2,1-2H3,(H,17,18)/t10-/m1/s1. The van der Waals surface area contributed by atoms with Gasteiger partial charge in [-0.1, -0.05) is 11.8 Å². The molecule has 6 nitrogen and oxygen atoms in total. The molecule has 3 heterocycles. The van der Waals surface area contributed by atoms with Crippen molar-refractivity contribution in [3.8, 4) is 0 Å². The lowest BCUT2D eigenvalue weighted by Gasteiger charge is -2.10. The first-order valence-corrected chi connectivity index (χ1v) is 10.8. The number of hydrogen-bond donors (Lipinski definition) is 1. The fraction of sp³-hybridized carbons (Fsp3) is 0.500. The van der Waals surface area contributed by atoms with Crippen LogP contribution in [0.3, 0.4) is 0 Å². The minimum absolute atomic E-state index is 0.0456. The monoisotopic (exact) mass is 371 g/mol. The molecule has 1 aliphatic heterocycles. The summed E-state index contributed by atoms with van der Waals surface area (Å²) in [5.41, 5.74) is 1.15. The molecule has 1 N–H and O–H groups in total. The smallest absolute Gasteiger partial charge is 0.230 e. The Morgan fingerprint density at radius 1 is 1.43 bits per heavy atom. The van der Waals surface area contributed by atoms with Crippen molar-refractivity contribution in [3.05, 3.63) is 16.8 Å². The van der Waals surface area contributed by atoms with Crippen LogP contribution in [0.25, 0.3) is 10.2 Å². The van der Waals surface area contributed by atoms with Gasteiger partial charge < -0.3 is 5.32 Å². The van der Waals surface area contributed by atoms with Gasteiger partial charge >= 0.3 is 0 Å². The number of thioether (sulfide) groups is 1. The third kappa shape index (κ3) is 3.67. The normalized spacial score (nSPS) is 20.0. The van der Waals surface area contributed by atoms with Crippen molar-refractivity contribution < 1.29 is 13.2 Å². The highest BCUT2D eigenvalue weighted by atomic mass is 32.2. The number of sulfone groups is 1.